The molecule has 2 N–H and O–H groups in total. The van der Waals surface area contributed by atoms with Gasteiger partial charge in [-0.15, -0.1) is 0 Å². The van der Waals surface area contributed by atoms with E-state index in [1.165, 1.54) is 30.3 Å². The van der Waals surface area contributed by atoms with E-state index in [9.17, 15) is 28.6 Å². The molecular formula is C19H14ClN5O6S. The van der Waals surface area contributed by atoms with Gasteiger partial charge in [0.1, 0.15) is 4.90 Å². The zero-order valence-electron chi connectivity index (χ0n) is 16.0. The van der Waals surface area contributed by atoms with Gasteiger partial charge in [0.15, 0.2) is 0 Å². The van der Waals surface area contributed by atoms with Crippen molar-refractivity contribution in [3.63, 3.8) is 0 Å². The monoisotopic (exact) mass is 475 g/mol. The maximum atomic E-state index is 13.0. The van der Waals surface area contributed by atoms with Crippen molar-refractivity contribution in [3.8, 4) is 0 Å². The topological polar surface area (TPSA) is 157 Å². The van der Waals surface area contributed by atoms with E-state index < -0.39 is 30.5 Å². The number of hydrogen-bond acceptors (Lipinski definition) is 8. The fourth-order valence-electron chi connectivity index (χ4n) is 2.62. The van der Waals surface area contributed by atoms with Crippen molar-refractivity contribution in [3.05, 3.63) is 97.5 Å². The largest absolute Gasteiger partial charge is 0.278 e. The van der Waals surface area contributed by atoms with Crippen LogP contribution in [-0.4, -0.2) is 24.5 Å². The molecule has 164 valence electrons. The summed E-state index contributed by atoms with van der Waals surface area (Å²) in [6.07, 6.45) is 1.14. The third kappa shape index (κ3) is 5.17. The molecule has 0 aliphatic heterocycles. The number of rotatable bonds is 8. The molecule has 0 aliphatic rings. The Bertz CT molecular complexity index is 1330. The molecule has 3 rings (SSSR count). The van der Waals surface area contributed by atoms with E-state index in [1.54, 1.807) is 18.2 Å². The first-order valence-electron chi connectivity index (χ1n) is 8.77. The van der Waals surface area contributed by atoms with Gasteiger partial charge in [-0.05, 0) is 24.3 Å². The van der Waals surface area contributed by atoms with Crippen molar-refractivity contribution in [2.45, 2.75) is 4.90 Å². The fourth-order valence-corrected chi connectivity index (χ4v) is 4.11. The number of nitrogens with zero attached hydrogens (tertiary/aromatic N) is 3. The standard InChI is InChI=1S/C19H14ClN5O6S/c20-15-6-2-3-7-16(15)23-32(30,31)19-11-14(24(26)27)9-10-17(19)22-21-12-13-5-1-4-8-18(13)25(28)29/h1-12,22-23H/b21-12+. The molecule has 3 aromatic rings. The van der Waals surface area contributed by atoms with E-state index in [-0.39, 0.29) is 27.6 Å². The Kier molecular flexibility index (Phi) is 6.66. The molecule has 0 aliphatic carbocycles. The highest BCUT2D eigenvalue weighted by Gasteiger charge is 2.23. The molecule has 0 atom stereocenters. The number of hydrazone groups is 1. The molecular weight excluding hydrogens is 462 g/mol. The molecule has 11 nitrogen and oxygen atoms in total. The number of nitro benzene ring substituents is 2. The smallest absolute Gasteiger partial charge is 0.278 e. The Morgan fingerprint density at radius 1 is 0.906 bits per heavy atom. The number of non-ortho nitro benzene ring substituents is 1. The van der Waals surface area contributed by atoms with Crippen molar-refractivity contribution >= 4 is 50.6 Å². The molecule has 0 radical (unpaired) electrons. The van der Waals surface area contributed by atoms with Gasteiger partial charge in [0.05, 0.1) is 38.0 Å². The van der Waals surface area contributed by atoms with Gasteiger partial charge in [0, 0.05) is 18.2 Å². The second-order valence-corrected chi connectivity index (χ2v) is 8.27. The second-order valence-electron chi connectivity index (χ2n) is 6.21. The average molecular weight is 476 g/mol. The summed E-state index contributed by atoms with van der Waals surface area (Å²) < 4.78 is 28.2. The first kappa shape index (κ1) is 22.7. The van der Waals surface area contributed by atoms with Gasteiger partial charge in [-0.25, -0.2) is 8.42 Å². The van der Waals surface area contributed by atoms with Crippen LogP contribution in [0.5, 0.6) is 0 Å². The minimum atomic E-state index is -4.32. The van der Waals surface area contributed by atoms with Crippen LogP contribution in [0.1, 0.15) is 5.56 Å². The zero-order valence-corrected chi connectivity index (χ0v) is 17.6. The number of nitro groups is 2. The quantitative estimate of drug-likeness (QED) is 0.277. The summed E-state index contributed by atoms with van der Waals surface area (Å²) in [6.45, 7) is 0. The minimum Gasteiger partial charge on any atom is -0.278 e. The van der Waals surface area contributed by atoms with E-state index in [2.05, 4.69) is 15.2 Å². The maximum Gasteiger partial charge on any atom is 0.278 e. The van der Waals surface area contributed by atoms with E-state index in [0.29, 0.717) is 0 Å². The summed E-state index contributed by atoms with van der Waals surface area (Å²) >= 11 is 6.00. The van der Waals surface area contributed by atoms with E-state index in [1.807, 2.05) is 0 Å². The predicted octanol–water partition coefficient (Wildman–Crippen LogP) is 4.40. The number of halogens is 1. The first-order valence-corrected chi connectivity index (χ1v) is 10.6. The SMILES string of the molecule is O=[N+]([O-])c1ccc(N/N=C/c2ccccc2[N+](=O)[O-])c(S(=O)(=O)Nc2ccccc2Cl)c1. The Morgan fingerprint density at radius 2 is 1.59 bits per heavy atom. The molecule has 0 bridgehead atoms. The van der Waals surface area contributed by atoms with Crippen LogP contribution in [0.25, 0.3) is 0 Å². The first-order chi connectivity index (χ1) is 15.2. The summed E-state index contributed by atoms with van der Waals surface area (Å²) in [5.41, 5.74) is 1.97. The van der Waals surface area contributed by atoms with Crippen LogP contribution >= 0.6 is 11.6 Å². The van der Waals surface area contributed by atoms with E-state index in [0.717, 1.165) is 24.4 Å². The molecule has 0 amide bonds. The van der Waals surface area contributed by atoms with Crippen LogP contribution in [0.2, 0.25) is 5.02 Å². The van der Waals surface area contributed by atoms with Gasteiger partial charge < -0.3 is 0 Å². The number of para-hydroxylation sites is 2. The second kappa shape index (κ2) is 9.41. The predicted molar refractivity (Wildman–Crippen MR) is 120 cm³/mol. The van der Waals surface area contributed by atoms with E-state index >= 15 is 0 Å². The number of nitrogens with one attached hydrogen (secondary N) is 2. The van der Waals surface area contributed by atoms with Crippen LogP contribution < -0.4 is 10.1 Å². The lowest BCUT2D eigenvalue weighted by atomic mass is 10.2. The van der Waals surface area contributed by atoms with Gasteiger partial charge in [0.25, 0.3) is 21.4 Å². The zero-order chi connectivity index (χ0) is 23.3. The third-order valence-corrected chi connectivity index (χ3v) is 5.84. The maximum absolute atomic E-state index is 13.0. The van der Waals surface area contributed by atoms with Gasteiger partial charge in [-0.2, -0.15) is 5.10 Å². The van der Waals surface area contributed by atoms with Crippen molar-refractivity contribution in [2.24, 2.45) is 5.10 Å². The molecule has 13 heteroatoms. The van der Waals surface area contributed by atoms with Crippen molar-refractivity contribution in [1.29, 1.82) is 0 Å². The molecule has 0 spiro atoms. The summed E-state index contributed by atoms with van der Waals surface area (Å²) in [5.74, 6) is 0. The molecule has 0 heterocycles. The lowest BCUT2D eigenvalue weighted by Gasteiger charge is -2.12. The molecule has 0 saturated carbocycles. The van der Waals surface area contributed by atoms with E-state index in [4.69, 9.17) is 11.6 Å². The molecule has 0 saturated heterocycles. The summed E-state index contributed by atoms with van der Waals surface area (Å²) in [7, 11) is -4.32. The van der Waals surface area contributed by atoms with Gasteiger partial charge in [-0.3, -0.25) is 30.4 Å². The lowest BCUT2D eigenvalue weighted by Crippen LogP contribution is -2.15. The van der Waals surface area contributed by atoms with Crippen molar-refractivity contribution in [2.75, 3.05) is 10.1 Å². The average Bonchev–Trinajstić information content (AvgIpc) is 2.75. The normalized spacial score (nSPS) is 11.3. The van der Waals surface area contributed by atoms with Crippen LogP contribution in [-0.2, 0) is 10.0 Å². The van der Waals surface area contributed by atoms with Gasteiger partial charge in [0.2, 0.25) is 0 Å². The fraction of sp³-hybridized carbons (Fsp3) is 0. The highest BCUT2D eigenvalue weighted by atomic mass is 35.5. The number of hydrogen-bond donors (Lipinski definition) is 2. The molecule has 0 aromatic heterocycles. The lowest BCUT2D eigenvalue weighted by molar-refractivity contribution is -0.385. The van der Waals surface area contributed by atoms with Crippen LogP contribution in [0.15, 0.2) is 76.7 Å². The molecule has 3 aromatic carbocycles. The molecule has 32 heavy (non-hydrogen) atoms. The number of anilines is 2. The molecule has 0 fully saturated rings. The van der Waals surface area contributed by atoms with Crippen LogP contribution in [0.3, 0.4) is 0 Å². The Morgan fingerprint density at radius 3 is 2.28 bits per heavy atom. The Balaban J connectivity index is 1.98. The van der Waals surface area contributed by atoms with Gasteiger partial charge >= 0.3 is 0 Å². The third-order valence-electron chi connectivity index (χ3n) is 4.11. The summed E-state index contributed by atoms with van der Waals surface area (Å²) in [5, 5.41) is 26.3. The van der Waals surface area contributed by atoms with Crippen LogP contribution in [0, 0.1) is 20.2 Å². The highest BCUT2D eigenvalue weighted by molar-refractivity contribution is 7.93. The number of sulfonamides is 1. The Labute approximate surface area is 186 Å². The summed E-state index contributed by atoms with van der Waals surface area (Å²) in [4.78, 5) is 20.5. The number of benzene rings is 3. The Hall–Kier alpha value is -4.03. The minimum absolute atomic E-state index is 0.0787. The van der Waals surface area contributed by atoms with Crippen LogP contribution in [0.4, 0.5) is 22.7 Å². The highest BCUT2D eigenvalue weighted by Crippen LogP contribution is 2.30. The van der Waals surface area contributed by atoms with Crippen molar-refractivity contribution < 1.29 is 18.3 Å². The summed E-state index contributed by atoms with van der Waals surface area (Å²) in [6, 6.07) is 15.0. The molecule has 0 unspecified atom stereocenters. The van der Waals surface area contributed by atoms with Gasteiger partial charge in [-0.1, -0.05) is 35.9 Å². The van der Waals surface area contributed by atoms with Crippen molar-refractivity contribution in [1.82, 2.24) is 0 Å².